The first-order valence-electron chi connectivity index (χ1n) is 7.49. The Hall–Kier alpha value is -1.75. The van der Waals surface area contributed by atoms with Crippen molar-refractivity contribution in [1.82, 2.24) is 0 Å². The molecular formula is C18H24O2. The predicted molar refractivity (Wildman–Crippen MR) is 83.1 cm³/mol. The Morgan fingerprint density at radius 1 is 1.00 bits per heavy atom. The number of hydrogen-bond donors (Lipinski definition) is 0. The number of aldehydes is 1. The van der Waals surface area contributed by atoms with Gasteiger partial charge in [-0.2, -0.15) is 0 Å². The van der Waals surface area contributed by atoms with Crippen LogP contribution >= 0.6 is 0 Å². The number of ether oxygens (including phenoxy) is 1. The van der Waals surface area contributed by atoms with Crippen molar-refractivity contribution >= 4 is 6.29 Å². The van der Waals surface area contributed by atoms with Gasteiger partial charge in [0.1, 0.15) is 5.75 Å². The first kappa shape index (κ1) is 16.3. The van der Waals surface area contributed by atoms with Gasteiger partial charge in [0.2, 0.25) is 0 Å². The van der Waals surface area contributed by atoms with Crippen LogP contribution in [0, 0.1) is 12.3 Å². The summed E-state index contributed by atoms with van der Waals surface area (Å²) in [5, 5.41) is 0. The van der Waals surface area contributed by atoms with Gasteiger partial charge in [-0.05, 0) is 25.0 Å². The quantitative estimate of drug-likeness (QED) is 0.333. The maximum Gasteiger partial charge on any atom is 0.153 e. The van der Waals surface area contributed by atoms with E-state index in [-0.39, 0.29) is 0 Å². The van der Waals surface area contributed by atoms with Crippen LogP contribution in [0.15, 0.2) is 24.3 Å². The topological polar surface area (TPSA) is 26.3 Å². The molecule has 0 radical (unpaired) electrons. The minimum atomic E-state index is 0.626. The molecule has 0 fully saturated rings. The molecule has 0 aliphatic carbocycles. The van der Waals surface area contributed by atoms with Crippen LogP contribution < -0.4 is 4.74 Å². The van der Waals surface area contributed by atoms with Crippen molar-refractivity contribution in [2.45, 2.75) is 51.4 Å². The van der Waals surface area contributed by atoms with Gasteiger partial charge < -0.3 is 4.74 Å². The Labute approximate surface area is 122 Å². The van der Waals surface area contributed by atoms with Crippen molar-refractivity contribution in [2.24, 2.45) is 0 Å². The third-order valence-electron chi connectivity index (χ3n) is 3.27. The van der Waals surface area contributed by atoms with E-state index in [0.29, 0.717) is 17.9 Å². The van der Waals surface area contributed by atoms with Crippen LogP contribution in [0.1, 0.15) is 61.7 Å². The molecule has 0 aliphatic heterocycles. The zero-order chi connectivity index (χ0) is 14.5. The normalized spacial score (nSPS) is 9.95. The van der Waals surface area contributed by atoms with Crippen molar-refractivity contribution in [3.8, 4) is 18.1 Å². The van der Waals surface area contributed by atoms with Crippen LogP contribution in [0.5, 0.6) is 5.75 Å². The van der Waals surface area contributed by atoms with Gasteiger partial charge in [0, 0.05) is 6.42 Å². The van der Waals surface area contributed by atoms with E-state index < -0.39 is 0 Å². The van der Waals surface area contributed by atoms with Crippen molar-refractivity contribution < 1.29 is 9.53 Å². The molecule has 0 atom stereocenters. The zero-order valence-electron chi connectivity index (χ0n) is 12.1. The molecule has 20 heavy (non-hydrogen) atoms. The molecule has 0 aliphatic rings. The van der Waals surface area contributed by atoms with Gasteiger partial charge in [-0.15, -0.1) is 12.3 Å². The van der Waals surface area contributed by atoms with E-state index in [1.807, 2.05) is 18.2 Å². The molecule has 0 saturated heterocycles. The monoisotopic (exact) mass is 272 g/mol. The summed E-state index contributed by atoms with van der Waals surface area (Å²) < 4.78 is 5.63. The lowest BCUT2D eigenvalue weighted by molar-refractivity contribution is 0.111. The number of para-hydroxylation sites is 1. The Balaban J connectivity index is 2.00. The fraction of sp³-hybridized carbons (Fsp3) is 0.500. The molecule has 1 aromatic rings. The Bertz CT molecular complexity index is 418. The van der Waals surface area contributed by atoms with Crippen molar-refractivity contribution in [2.75, 3.05) is 6.61 Å². The van der Waals surface area contributed by atoms with Crippen molar-refractivity contribution in [3.05, 3.63) is 29.8 Å². The third-order valence-corrected chi connectivity index (χ3v) is 3.27. The molecule has 108 valence electrons. The summed E-state index contributed by atoms with van der Waals surface area (Å²) in [5.41, 5.74) is 0.626. The second-order valence-electron chi connectivity index (χ2n) is 4.93. The maximum atomic E-state index is 10.8. The maximum absolute atomic E-state index is 10.8. The average Bonchev–Trinajstić information content (AvgIpc) is 2.49. The minimum absolute atomic E-state index is 0.626. The zero-order valence-corrected chi connectivity index (χ0v) is 12.1. The first-order valence-corrected chi connectivity index (χ1v) is 7.49. The number of carbonyl (C=O) groups excluding carboxylic acids is 1. The second kappa shape index (κ2) is 11.1. The van der Waals surface area contributed by atoms with Gasteiger partial charge in [0.15, 0.2) is 6.29 Å². The molecule has 1 rings (SSSR count). The van der Waals surface area contributed by atoms with E-state index >= 15 is 0 Å². The molecule has 0 unspecified atom stereocenters. The molecule has 0 spiro atoms. The molecule has 0 aromatic heterocycles. The molecule has 0 saturated carbocycles. The van der Waals surface area contributed by atoms with Crippen LogP contribution in [0.4, 0.5) is 0 Å². The lowest BCUT2D eigenvalue weighted by Gasteiger charge is -2.07. The lowest BCUT2D eigenvalue weighted by atomic mass is 10.1. The molecular weight excluding hydrogens is 248 g/mol. The van der Waals surface area contributed by atoms with Crippen molar-refractivity contribution in [3.63, 3.8) is 0 Å². The minimum Gasteiger partial charge on any atom is -0.493 e. The molecule has 2 nitrogen and oxygen atoms in total. The first-order chi connectivity index (χ1) is 9.88. The van der Waals surface area contributed by atoms with Crippen LogP contribution in [0.3, 0.4) is 0 Å². The van der Waals surface area contributed by atoms with E-state index in [2.05, 4.69) is 5.92 Å². The molecule has 0 amide bonds. The SMILES string of the molecule is C#CCCCCCCCCCOc1ccccc1C=O. The number of hydrogen-bond acceptors (Lipinski definition) is 2. The summed E-state index contributed by atoms with van der Waals surface area (Å²) in [6, 6.07) is 7.35. The number of carbonyl (C=O) groups is 1. The van der Waals surface area contributed by atoms with E-state index in [0.717, 1.165) is 25.5 Å². The summed E-state index contributed by atoms with van der Waals surface area (Å²) in [5.74, 6) is 3.36. The highest BCUT2D eigenvalue weighted by atomic mass is 16.5. The van der Waals surface area contributed by atoms with E-state index in [1.54, 1.807) is 6.07 Å². The predicted octanol–water partition coefficient (Wildman–Crippen LogP) is 4.63. The van der Waals surface area contributed by atoms with Crippen LogP contribution in [-0.2, 0) is 0 Å². The highest BCUT2D eigenvalue weighted by molar-refractivity contribution is 5.79. The summed E-state index contributed by atoms with van der Waals surface area (Å²) in [4.78, 5) is 10.8. The van der Waals surface area contributed by atoms with Gasteiger partial charge >= 0.3 is 0 Å². The molecule has 2 heteroatoms. The van der Waals surface area contributed by atoms with Gasteiger partial charge in [0.05, 0.1) is 12.2 Å². The Morgan fingerprint density at radius 3 is 2.35 bits per heavy atom. The average molecular weight is 272 g/mol. The van der Waals surface area contributed by atoms with Crippen LogP contribution in [0.25, 0.3) is 0 Å². The molecule has 0 N–H and O–H groups in total. The summed E-state index contributed by atoms with van der Waals surface area (Å²) >= 11 is 0. The highest BCUT2D eigenvalue weighted by Crippen LogP contribution is 2.16. The molecule has 0 bridgehead atoms. The fourth-order valence-corrected chi connectivity index (χ4v) is 2.10. The van der Waals surface area contributed by atoms with Gasteiger partial charge in [-0.1, -0.05) is 44.2 Å². The Morgan fingerprint density at radius 2 is 1.65 bits per heavy atom. The van der Waals surface area contributed by atoms with E-state index in [4.69, 9.17) is 11.2 Å². The fourth-order valence-electron chi connectivity index (χ4n) is 2.10. The van der Waals surface area contributed by atoms with E-state index in [1.165, 1.54) is 32.1 Å². The van der Waals surface area contributed by atoms with Gasteiger partial charge in [-0.25, -0.2) is 0 Å². The van der Waals surface area contributed by atoms with Crippen molar-refractivity contribution in [1.29, 1.82) is 0 Å². The summed E-state index contributed by atoms with van der Waals surface area (Å²) in [6.07, 6.45) is 15.4. The third kappa shape index (κ3) is 6.99. The van der Waals surface area contributed by atoms with Gasteiger partial charge in [-0.3, -0.25) is 4.79 Å². The molecule has 1 aromatic carbocycles. The lowest BCUT2D eigenvalue weighted by Crippen LogP contribution is -1.99. The van der Waals surface area contributed by atoms with Crippen LogP contribution in [0.2, 0.25) is 0 Å². The van der Waals surface area contributed by atoms with Crippen LogP contribution in [-0.4, -0.2) is 12.9 Å². The summed E-state index contributed by atoms with van der Waals surface area (Å²) in [6.45, 7) is 0.682. The largest absolute Gasteiger partial charge is 0.493 e. The molecule has 0 heterocycles. The Kier molecular flexibility index (Phi) is 9.06. The summed E-state index contributed by atoms with van der Waals surface area (Å²) in [7, 11) is 0. The second-order valence-corrected chi connectivity index (χ2v) is 4.93. The highest BCUT2D eigenvalue weighted by Gasteiger charge is 2.00. The smallest absolute Gasteiger partial charge is 0.153 e. The number of rotatable bonds is 11. The number of terminal acetylenes is 1. The number of unbranched alkanes of at least 4 members (excludes halogenated alkanes) is 7. The van der Waals surface area contributed by atoms with Gasteiger partial charge in [0.25, 0.3) is 0 Å². The van der Waals surface area contributed by atoms with E-state index in [9.17, 15) is 4.79 Å². The number of benzene rings is 1. The standard InChI is InChI=1S/C18H24O2/c1-2-3-4-5-6-7-8-9-12-15-20-18-14-11-10-13-17(18)16-19/h1,10-11,13-14,16H,3-9,12,15H2.